The van der Waals surface area contributed by atoms with Gasteiger partial charge in [0.1, 0.15) is 0 Å². The molecule has 1 atom stereocenters. The Morgan fingerprint density at radius 1 is 1.14 bits per heavy atom. The molecule has 1 unspecified atom stereocenters. The number of alkyl halides is 3. The number of carbonyl (C=O) groups is 1. The number of anilines is 2. The molecular formula is C24H26F3N7O. The number of nitrogens with two attached hydrogens (primary N) is 1. The number of rotatable bonds is 7. The van der Waals surface area contributed by atoms with E-state index in [9.17, 15) is 18.0 Å². The van der Waals surface area contributed by atoms with Gasteiger partial charge in [0.05, 0.1) is 17.3 Å². The Labute approximate surface area is 200 Å². The van der Waals surface area contributed by atoms with Gasteiger partial charge < -0.3 is 16.0 Å². The number of piperidine rings is 1. The fourth-order valence-electron chi connectivity index (χ4n) is 4.24. The lowest BCUT2D eigenvalue weighted by atomic mass is 9.93. The molecule has 1 amide bonds. The zero-order valence-electron chi connectivity index (χ0n) is 19.0. The van der Waals surface area contributed by atoms with Crippen LogP contribution in [0.25, 0.3) is 11.1 Å². The molecule has 1 aliphatic heterocycles. The lowest BCUT2D eigenvalue weighted by Gasteiger charge is -2.36. The van der Waals surface area contributed by atoms with Gasteiger partial charge >= 0.3 is 6.18 Å². The number of halogens is 3. The van der Waals surface area contributed by atoms with Crippen LogP contribution >= 0.6 is 0 Å². The largest absolute Gasteiger partial charge is 0.416 e. The maximum atomic E-state index is 13.3. The van der Waals surface area contributed by atoms with E-state index in [4.69, 9.17) is 5.73 Å². The third-order valence-corrected chi connectivity index (χ3v) is 5.89. The number of aromatic nitrogens is 4. The SMILES string of the molecule is Nc1ncc(-c2cccc(C(F)(F)F)c2)c(C2CCCCN2C(=O)CCCNc2ncccn2)n1. The fraction of sp³-hybridized carbons (Fsp3) is 0.375. The smallest absolute Gasteiger partial charge is 0.368 e. The normalized spacial score (nSPS) is 16.2. The molecule has 1 fully saturated rings. The van der Waals surface area contributed by atoms with E-state index in [-0.39, 0.29) is 11.9 Å². The van der Waals surface area contributed by atoms with Crippen LogP contribution in [-0.2, 0) is 11.0 Å². The Bertz CT molecular complexity index is 1160. The molecule has 2 aromatic heterocycles. The lowest BCUT2D eigenvalue weighted by molar-refractivity contribution is -0.137. The standard InChI is InChI=1S/C24H26F3N7O/c25-24(26,27)17-7-3-6-16(14-17)18-15-32-22(28)33-21(18)19-8-1-2-13-34(19)20(35)9-4-10-29-23-30-11-5-12-31-23/h3,5-7,11-12,14-15,19H,1-2,4,8-10,13H2,(H2,28,32,33)(H,29,30,31). The summed E-state index contributed by atoms with van der Waals surface area (Å²) >= 11 is 0. The molecule has 8 nitrogen and oxygen atoms in total. The molecule has 3 N–H and O–H groups in total. The average molecular weight is 486 g/mol. The molecule has 3 heterocycles. The lowest BCUT2D eigenvalue weighted by Crippen LogP contribution is -2.39. The first-order chi connectivity index (χ1) is 16.8. The van der Waals surface area contributed by atoms with Crippen LogP contribution in [0, 0.1) is 0 Å². The Morgan fingerprint density at radius 3 is 2.71 bits per heavy atom. The van der Waals surface area contributed by atoms with Crippen molar-refractivity contribution in [2.75, 3.05) is 24.1 Å². The Hall–Kier alpha value is -3.76. The van der Waals surface area contributed by atoms with Crippen molar-refractivity contribution in [2.45, 2.75) is 44.3 Å². The number of nitrogen functional groups attached to an aromatic ring is 1. The van der Waals surface area contributed by atoms with E-state index in [1.807, 2.05) is 0 Å². The van der Waals surface area contributed by atoms with Crippen LogP contribution in [0.15, 0.2) is 48.9 Å². The highest BCUT2D eigenvalue weighted by Crippen LogP contribution is 2.38. The summed E-state index contributed by atoms with van der Waals surface area (Å²) in [6.45, 7) is 1.08. The highest BCUT2D eigenvalue weighted by Gasteiger charge is 2.33. The van der Waals surface area contributed by atoms with Crippen LogP contribution < -0.4 is 11.1 Å². The van der Waals surface area contributed by atoms with Crippen molar-refractivity contribution in [3.05, 3.63) is 60.2 Å². The summed E-state index contributed by atoms with van der Waals surface area (Å²) in [7, 11) is 0. The molecule has 3 aromatic rings. The van der Waals surface area contributed by atoms with Crippen molar-refractivity contribution in [1.82, 2.24) is 24.8 Å². The third-order valence-electron chi connectivity index (χ3n) is 5.89. The fourth-order valence-corrected chi connectivity index (χ4v) is 4.24. The predicted molar refractivity (Wildman–Crippen MR) is 125 cm³/mol. The molecule has 0 spiro atoms. The number of nitrogens with zero attached hydrogens (tertiary/aromatic N) is 5. The van der Waals surface area contributed by atoms with Gasteiger partial charge in [-0.2, -0.15) is 13.2 Å². The van der Waals surface area contributed by atoms with E-state index in [2.05, 4.69) is 25.3 Å². The highest BCUT2D eigenvalue weighted by molar-refractivity contribution is 5.77. The van der Waals surface area contributed by atoms with Gasteiger partial charge in [-0.1, -0.05) is 12.1 Å². The molecule has 0 aliphatic carbocycles. The molecule has 35 heavy (non-hydrogen) atoms. The molecule has 1 saturated heterocycles. The van der Waals surface area contributed by atoms with Crippen LogP contribution in [-0.4, -0.2) is 43.8 Å². The molecule has 0 bridgehead atoms. The van der Waals surface area contributed by atoms with Crippen LogP contribution in [0.3, 0.4) is 0 Å². The molecular weight excluding hydrogens is 459 g/mol. The monoisotopic (exact) mass is 485 g/mol. The minimum atomic E-state index is -4.48. The topological polar surface area (TPSA) is 110 Å². The van der Waals surface area contributed by atoms with Crippen molar-refractivity contribution in [1.29, 1.82) is 0 Å². The third kappa shape index (κ3) is 6.03. The Morgan fingerprint density at radius 2 is 1.94 bits per heavy atom. The van der Waals surface area contributed by atoms with E-state index in [1.165, 1.54) is 12.3 Å². The number of nitrogens with one attached hydrogen (secondary N) is 1. The summed E-state index contributed by atoms with van der Waals surface area (Å²) in [4.78, 5) is 31.5. The maximum absolute atomic E-state index is 13.3. The van der Waals surface area contributed by atoms with Gasteiger partial charge in [0.25, 0.3) is 0 Å². The quantitative estimate of drug-likeness (QED) is 0.475. The van der Waals surface area contributed by atoms with Gasteiger partial charge in [-0.15, -0.1) is 0 Å². The predicted octanol–water partition coefficient (Wildman–Crippen LogP) is 4.48. The zero-order chi connectivity index (χ0) is 24.8. The van der Waals surface area contributed by atoms with Crippen molar-refractivity contribution in [3.63, 3.8) is 0 Å². The van der Waals surface area contributed by atoms with Gasteiger partial charge in [0.2, 0.25) is 17.8 Å². The van der Waals surface area contributed by atoms with Crippen LogP contribution in [0.4, 0.5) is 25.1 Å². The number of hydrogen-bond acceptors (Lipinski definition) is 7. The second-order valence-electron chi connectivity index (χ2n) is 8.31. The number of hydrogen-bond donors (Lipinski definition) is 2. The summed E-state index contributed by atoms with van der Waals surface area (Å²) < 4.78 is 39.9. The minimum Gasteiger partial charge on any atom is -0.368 e. The molecule has 4 rings (SSSR count). The second-order valence-corrected chi connectivity index (χ2v) is 8.31. The molecule has 11 heteroatoms. The molecule has 1 aromatic carbocycles. The Kier molecular flexibility index (Phi) is 7.42. The first-order valence-electron chi connectivity index (χ1n) is 11.4. The van der Waals surface area contributed by atoms with Crippen molar-refractivity contribution >= 4 is 17.8 Å². The summed E-state index contributed by atoms with van der Waals surface area (Å²) in [5.41, 5.74) is 6.35. The second kappa shape index (κ2) is 10.7. The van der Waals surface area contributed by atoms with Gasteiger partial charge in [-0.3, -0.25) is 4.79 Å². The number of carbonyl (C=O) groups excluding carboxylic acids is 1. The summed E-state index contributed by atoms with van der Waals surface area (Å²) in [6, 6.07) is 6.36. The van der Waals surface area contributed by atoms with Crippen molar-refractivity contribution in [2.24, 2.45) is 0 Å². The first kappa shape index (κ1) is 24.4. The van der Waals surface area contributed by atoms with E-state index >= 15 is 0 Å². The zero-order valence-corrected chi connectivity index (χ0v) is 19.0. The number of benzene rings is 1. The van der Waals surface area contributed by atoms with E-state index in [1.54, 1.807) is 29.4 Å². The summed E-state index contributed by atoms with van der Waals surface area (Å²) in [6.07, 6.45) is 3.46. The van der Waals surface area contributed by atoms with E-state index < -0.39 is 17.8 Å². The van der Waals surface area contributed by atoms with Gasteiger partial charge in [0.15, 0.2) is 0 Å². The first-order valence-corrected chi connectivity index (χ1v) is 11.4. The Balaban J connectivity index is 1.54. The van der Waals surface area contributed by atoms with Gasteiger partial charge in [-0.05, 0) is 49.4 Å². The molecule has 0 saturated carbocycles. The number of amides is 1. The van der Waals surface area contributed by atoms with E-state index in [0.29, 0.717) is 55.1 Å². The van der Waals surface area contributed by atoms with Crippen molar-refractivity contribution in [3.8, 4) is 11.1 Å². The van der Waals surface area contributed by atoms with Gasteiger partial charge in [0, 0.05) is 43.7 Å². The average Bonchev–Trinajstić information content (AvgIpc) is 2.86. The van der Waals surface area contributed by atoms with Gasteiger partial charge in [-0.25, -0.2) is 19.9 Å². The maximum Gasteiger partial charge on any atom is 0.416 e. The highest BCUT2D eigenvalue weighted by atomic mass is 19.4. The molecule has 0 radical (unpaired) electrons. The molecule has 1 aliphatic rings. The van der Waals surface area contributed by atoms with Crippen LogP contribution in [0.5, 0.6) is 0 Å². The summed E-state index contributed by atoms with van der Waals surface area (Å²) in [5.74, 6) is 0.469. The molecule has 184 valence electrons. The van der Waals surface area contributed by atoms with Crippen LogP contribution in [0.1, 0.15) is 49.4 Å². The van der Waals surface area contributed by atoms with Crippen LogP contribution in [0.2, 0.25) is 0 Å². The van der Waals surface area contributed by atoms with Crippen molar-refractivity contribution < 1.29 is 18.0 Å². The number of likely N-dealkylation sites (tertiary alicyclic amines) is 1. The summed E-state index contributed by atoms with van der Waals surface area (Å²) in [5, 5.41) is 3.08. The minimum absolute atomic E-state index is 0.0146. The van der Waals surface area contributed by atoms with E-state index in [0.717, 1.165) is 25.0 Å².